The molecule has 0 spiro atoms. The number of rotatable bonds is 3. The fraction of sp³-hybridized carbons (Fsp3) is 0. The Labute approximate surface area is 271 Å². The Morgan fingerprint density at radius 2 is 1.00 bits per heavy atom. The van der Waals surface area contributed by atoms with E-state index >= 15 is 0 Å². The molecule has 0 fully saturated rings. The molecule has 47 heavy (non-hydrogen) atoms. The van der Waals surface area contributed by atoms with Crippen LogP contribution in [0.25, 0.3) is 87.7 Å². The molecule has 2 aromatic heterocycles. The summed E-state index contributed by atoms with van der Waals surface area (Å²) in [5, 5.41) is 9.86. The number of nitrogens with zero attached hydrogens (tertiary/aromatic N) is 2. The number of aromatic nitrogens is 2. The summed E-state index contributed by atoms with van der Waals surface area (Å²) in [5.74, 6) is 0. The topological polar surface area (TPSA) is 35.9 Å². The van der Waals surface area contributed by atoms with Crippen molar-refractivity contribution in [2.45, 2.75) is 0 Å². The molecule has 0 saturated heterocycles. The van der Waals surface area contributed by atoms with Crippen molar-refractivity contribution in [1.29, 1.82) is 0 Å². The van der Waals surface area contributed by atoms with Crippen LogP contribution in [0.4, 0.5) is 5.69 Å². The zero-order valence-corrected chi connectivity index (χ0v) is 25.6. The Balaban J connectivity index is 1.20. The average molecular weight is 600 g/mol. The third-order valence-corrected chi connectivity index (χ3v) is 9.80. The van der Waals surface area contributed by atoms with E-state index in [0.29, 0.717) is 0 Å². The first-order valence-corrected chi connectivity index (χ1v) is 16.1. The number of nitrogen functional groups attached to an aromatic ring is 1. The molecule has 3 nitrogen and oxygen atoms in total. The van der Waals surface area contributed by atoms with Gasteiger partial charge in [0.1, 0.15) is 0 Å². The van der Waals surface area contributed by atoms with Crippen LogP contribution in [0.3, 0.4) is 0 Å². The fourth-order valence-corrected chi connectivity index (χ4v) is 7.75. The van der Waals surface area contributed by atoms with Gasteiger partial charge in [0.25, 0.3) is 0 Å². The number of hydrogen-bond donors (Lipinski definition) is 1. The van der Waals surface area contributed by atoms with E-state index in [2.05, 4.69) is 161 Å². The molecule has 0 aliphatic carbocycles. The fourth-order valence-electron chi connectivity index (χ4n) is 7.75. The van der Waals surface area contributed by atoms with Gasteiger partial charge in [-0.1, -0.05) is 97.1 Å². The molecule has 0 unspecified atom stereocenters. The minimum Gasteiger partial charge on any atom is -0.399 e. The van der Waals surface area contributed by atoms with Crippen molar-refractivity contribution in [2.24, 2.45) is 0 Å². The molecule has 0 bridgehead atoms. The van der Waals surface area contributed by atoms with Gasteiger partial charge in [-0.05, 0) is 99.4 Å². The number of nitrogens with two attached hydrogens (primary N) is 1. The van der Waals surface area contributed by atoms with Crippen molar-refractivity contribution in [3.05, 3.63) is 164 Å². The first-order chi connectivity index (χ1) is 23.2. The van der Waals surface area contributed by atoms with Gasteiger partial charge in [-0.3, -0.25) is 0 Å². The van der Waals surface area contributed by atoms with Crippen LogP contribution in [0.1, 0.15) is 0 Å². The summed E-state index contributed by atoms with van der Waals surface area (Å²) in [6.07, 6.45) is 0. The molecule has 8 aromatic carbocycles. The number of fused-ring (bicyclic) bond motifs is 9. The molecule has 2 N–H and O–H groups in total. The predicted molar refractivity (Wildman–Crippen MR) is 200 cm³/mol. The summed E-state index contributed by atoms with van der Waals surface area (Å²) in [4.78, 5) is 0. The van der Waals surface area contributed by atoms with E-state index in [-0.39, 0.29) is 0 Å². The van der Waals surface area contributed by atoms with Crippen LogP contribution in [0.5, 0.6) is 0 Å². The van der Waals surface area contributed by atoms with E-state index < -0.39 is 0 Å². The highest BCUT2D eigenvalue weighted by Gasteiger charge is 2.18. The van der Waals surface area contributed by atoms with Crippen molar-refractivity contribution < 1.29 is 0 Å². The summed E-state index contributed by atoms with van der Waals surface area (Å²) in [6, 6.07) is 59.2. The van der Waals surface area contributed by atoms with Gasteiger partial charge in [-0.2, -0.15) is 0 Å². The van der Waals surface area contributed by atoms with Crippen molar-refractivity contribution in [3.8, 4) is 22.5 Å². The number of anilines is 1. The first-order valence-electron chi connectivity index (χ1n) is 16.1. The van der Waals surface area contributed by atoms with E-state index in [1.807, 2.05) is 12.1 Å². The summed E-state index contributed by atoms with van der Waals surface area (Å²) >= 11 is 0. The van der Waals surface area contributed by atoms with Crippen molar-refractivity contribution in [1.82, 2.24) is 9.13 Å². The maximum absolute atomic E-state index is 6.08. The summed E-state index contributed by atoms with van der Waals surface area (Å²) in [5.41, 5.74) is 16.5. The number of para-hydroxylation sites is 3. The van der Waals surface area contributed by atoms with Gasteiger partial charge in [0.15, 0.2) is 0 Å². The lowest BCUT2D eigenvalue weighted by Gasteiger charge is -2.12. The lowest BCUT2D eigenvalue weighted by atomic mass is 9.98. The first kappa shape index (κ1) is 26.0. The van der Waals surface area contributed by atoms with Crippen LogP contribution in [0.2, 0.25) is 0 Å². The lowest BCUT2D eigenvalue weighted by Crippen LogP contribution is -1.94. The largest absolute Gasteiger partial charge is 0.399 e. The van der Waals surface area contributed by atoms with Gasteiger partial charge < -0.3 is 14.9 Å². The molecule has 220 valence electrons. The van der Waals surface area contributed by atoms with Crippen LogP contribution >= 0.6 is 0 Å². The third kappa shape index (κ3) is 3.81. The number of hydrogen-bond acceptors (Lipinski definition) is 1. The van der Waals surface area contributed by atoms with Crippen LogP contribution in [0.15, 0.2) is 164 Å². The third-order valence-electron chi connectivity index (χ3n) is 9.80. The van der Waals surface area contributed by atoms with Gasteiger partial charge in [-0.25, -0.2) is 0 Å². The molecular formula is C44H29N3. The normalized spacial score (nSPS) is 11.9. The molecule has 0 aliphatic heterocycles. The smallest absolute Gasteiger partial charge is 0.0547 e. The van der Waals surface area contributed by atoms with Gasteiger partial charge >= 0.3 is 0 Å². The summed E-state index contributed by atoms with van der Waals surface area (Å²) in [7, 11) is 0. The summed E-state index contributed by atoms with van der Waals surface area (Å²) < 4.78 is 4.79. The lowest BCUT2D eigenvalue weighted by molar-refractivity contribution is 1.18. The molecule has 0 saturated carbocycles. The van der Waals surface area contributed by atoms with Crippen LogP contribution in [-0.4, -0.2) is 9.13 Å². The Bertz CT molecular complexity index is 2850. The molecule has 3 heteroatoms. The Kier molecular flexibility index (Phi) is 5.43. The maximum atomic E-state index is 6.08. The molecule has 0 atom stereocenters. The van der Waals surface area contributed by atoms with E-state index in [9.17, 15) is 0 Å². The summed E-state index contributed by atoms with van der Waals surface area (Å²) in [6.45, 7) is 0. The van der Waals surface area contributed by atoms with E-state index in [4.69, 9.17) is 5.73 Å². The average Bonchev–Trinajstić information content (AvgIpc) is 3.64. The Morgan fingerprint density at radius 1 is 0.362 bits per heavy atom. The second-order valence-corrected chi connectivity index (χ2v) is 12.4. The Morgan fingerprint density at radius 3 is 1.83 bits per heavy atom. The second-order valence-electron chi connectivity index (χ2n) is 12.4. The van der Waals surface area contributed by atoms with Crippen LogP contribution < -0.4 is 5.73 Å². The number of benzene rings is 8. The van der Waals surface area contributed by atoms with Crippen LogP contribution in [-0.2, 0) is 0 Å². The standard InChI is InChI=1S/C44H29N3/c45-31-20-22-34-28(25-31)17-18-29-26-33(21-23-35(29)34)47-40-14-6-4-11-37(40)39-27-30(19-24-42(39)47)36-13-8-16-43-44(36)38-12-5-7-15-41(38)46(43)32-9-2-1-3-10-32/h1-27H,45H2. The predicted octanol–water partition coefficient (Wildman–Crippen LogP) is 11.4. The van der Waals surface area contributed by atoms with E-state index in [1.54, 1.807) is 0 Å². The van der Waals surface area contributed by atoms with Crippen molar-refractivity contribution in [2.75, 3.05) is 5.73 Å². The quantitative estimate of drug-likeness (QED) is 0.159. The molecule has 10 rings (SSSR count). The minimum atomic E-state index is 0.788. The second kappa shape index (κ2) is 9.84. The van der Waals surface area contributed by atoms with E-state index in [1.165, 1.54) is 76.6 Å². The SMILES string of the molecule is Nc1ccc2c(ccc3cc(-n4c5ccccc5c5cc(-c6cccc7c6c6ccccc6n7-c6ccccc6)ccc54)ccc32)c1. The van der Waals surface area contributed by atoms with Gasteiger partial charge in [0, 0.05) is 38.6 Å². The highest BCUT2D eigenvalue weighted by Crippen LogP contribution is 2.41. The van der Waals surface area contributed by atoms with Crippen LogP contribution in [0, 0.1) is 0 Å². The molecule has 0 radical (unpaired) electrons. The van der Waals surface area contributed by atoms with Crippen molar-refractivity contribution >= 4 is 70.8 Å². The minimum absolute atomic E-state index is 0.788. The van der Waals surface area contributed by atoms with Gasteiger partial charge in [-0.15, -0.1) is 0 Å². The van der Waals surface area contributed by atoms with Gasteiger partial charge in [0.05, 0.1) is 22.1 Å². The van der Waals surface area contributed by atoms with E-state index in [0.717, 1.165) is 16.8 Å². The highest BCUT2D eigenvalue weighted by atomic mass is 15.0. The monoisotopic (exact) mass is 599 g/mol. The molecule has 2 heterocycles. The molecule has 0 aliphatic rings. The molecule has 10 aromatic rings. The Hall–Kier alpha value is -6.32. The zero-order chi connectivity index (χ0) is 31.1. The maximum Gasteiger partial charge on any atom is 0.0547 e. The van der Waals surface area contributed by atoms with Gasteiger partial charge in [0.2, 0.25) is 0 Å². The molecule has 0 amide bonds. The zero-order valence-electron chi connectivity index (χ0n) is 25.6. The highest BCUT2D eigenvalue weighted by molar-refractivity contribution is 6.17. The molecular weight excluding hydrogens is 571 g/mol. The van der Waals surface area contributed by atoms with Crippen molar-refractivity contribution in [3.63, 3.8) is 0 Å².